The summed E-state index contributed by atoms with van der Waals surface area (Å²) >= 11 is 0. The summed E-state index contributed by atoms with van der Waals surface area (Å²) in [6, 6.07) is 21.3. The van der Waals surface area contributed by atoms with Crippen molar-refractivity contribution < 1.29 is 27.5 Å². The molecule has 0 saturated carbocycles. The summed E-state index contributed by atoms with van der Waals surface area (Å²) in [6.45, 7) is 4.11. The van der Waals surface area contributed by atoms with E-state index in [4.69, 9.17) is 4.74 Å². The third-order valence-electron chi connectivity index (χ3n) is 8.20. The van der Waals surface area contributed by atoms with Gasteiger partial charge in [-0.2, -0.15) is 13.2 Å². The summed E-state index contributed by atoms with van der Waals surface area (Å²) in [7, 11) is 0. The second-order valence-electron chi connectivity index (χ2n) is 11.3. The lowest BCUT2D eigenvalue weighted by Crippen LogP contribution is -2.47. The SMILES string of the molecule is CCOc1ccc(NC(=O)c2ccc(N3CC4CC(C3)c3cccc(=O)n3C4)c(NC(=O)c3cccc(C(F)(F)F)c3)c2)cc1. The first kappa shape index (κ1) is 30.0. The summed E-state index contributed by atoms with van der Waals surface area (Å²) in [6.07, 6.45) is -3.70. The number of amides is 2. The molecule has 232 valence electrons. The van der Waals surface area contributed by atoms with Crippen LogP contribution in [-0.2, 0) is 12.7 Å². The monoisotopic (exact) mass is 616 g/mol. The van der Waals surface area contributed by atoms with E-state index >= 15 is 0 Å². The van der Waals surface area contributed by atoms with Crippen LogP contribution in [0, 0.1) is 5.92 Å². The van der Waals surface area contributed by atoms with Gasteiger partial charge in [-0.25, -0.2) is 0 Å². The average molecular weight is 617 g/mol. The van der Waals surface area contributed by atoms with Gasteiger partial charge in [0, 0.05) is 54.1 Å². The minimum atomic E-state index is -4.61. The number of anilines is 3. The lowest BCUT2D eigenvalue weighted by atomic mass is 9.83. The van der Waals surface area contributed by atoms with Crippen molar-refractivity contribution in [3.8, 4) is 5.75 Å². The number of nitrogens with one attached hydrogen (secondary N) is 2. The molecule has 2 N–H and O–H groups in total. The number of pyridine rings is 1. The Bertz CT molecular complexity index is 1800. The third-order valence-corrected chi connectivity index (χ3v) is 8.20. The third kappa shape index (κ3) is 6.43. The number of ether oxygens (including phenoxy) is 1. The van der Waals surface area contributed by atoms with E-state index in [1.807, 2.05) is 17.6 Å². The van der Waals surface area contributed by atoms with Gasteiger partial charge in [0.05, 0.1) is 23.5 Å². The first-order valence-electron chi connectivity index (χ1n) is 14.7. The molecule has 0 radical (unpaired) electrons. The molecule has 2 amide bonds. The van der Waals surface area contributed by atoms with Gasteiger partial charge in [-0.15, -0.1) is 0 Å². The van der Waals surface area contributed by atoms with E-state index in [-0.39, 0.29) is 28.5 Å². The Hall–Kier alpha value is -5.06. The van der Waals surface area contributed by atoms with E-state index in [2.05, 4.69) is 15.5 Å². The fourth-order valence-electron chi connectivity index (χ4n) is 6.18. The molecule has 2 unspecified atom stereocenters. The molecular weight excluding hydrogens is 585 g/mol. The number of benzene rings is 3. The summed E-state index contributed by atoms with van der Waals surface area (Å²) < 4.78 is 47.4. The summed E-state index contributed by atoms with van der Waals surface area (Å²) in [5.74, 6) is -0.255. The number of aromatic nitrogens is 1. The van der Waals surface area contributed by atoms with Gasteiger partial charge in [0.2, 0.25) is 0 Å². The molecule has 0 aliphatic carbocycles. The van der Waals surface area contributed by atoms with E-state index in [0.29, 0.717) is 49.1 Å². The zero-order valence-electron chi connectivity index (χ0n) is 24.4. The number of fused-ring (bicyclic) bond motifs is 4. The maximum Gasteiger partial charge on any atom is 0.416 e. The molecule has 11 heteroatoms. The smallest absolute Gasteiger partial charge is 0.416 e. The second-order valence-corrected chi connectivity index (χ2v) is 11.3. The van der Waals surface area contributed by atoms with Crippen LogP contribution in [0.5, 0.6) is 5.75 Å². The number of rotatable bonds is 7. The second kappa shape index (κ2) is 12.1. The average Bonchev–Trinajstić information content (AvgIpc) is 3.02. The molecule has 6 rings (SSSR count). The van der Waals surface area contributed by atoms with Crippen LogP contribution in [0.15, 0.2) is 89.7 Å². The van der Waals surface area contributed by atoms with Crippen LogP contribution in [0.25, 0.3) is 0 Å². The van der Waals surface area contributed by atoms with Gasteiger partial charge in [-0.3, -0.25) is 14.4 Å². The molecule has 2 aliphatic heterocycles. The number of nitrogens with zero attached hydrogens (tertiary/aromatic N) is 2. The van der Waals surface area contributed by atoms with Crippen molar-refractivity contribution in [1.82, 2.24) is 4.57 Å². The Morgan fingerprint density at radius 1 is 0.867 bits per heavy atom. The van der Waals surface area contributed by atoms with Gasteiger partial charge in [-0.1, -0.05) is 12.1 Å². The van der Waals surface area contributed by atoms with Crippen molar-refractivity contribution in [2.45, 2.75) is 32.0 Å². The highest BCUT2D eigenvalue weighted by atomic mass is 19.4. The molecule has 1 saturated heterocycles. The highest BCUT2D eigenvalue weighted by Gasteiger charge is 2.36. The van der Waals surface area contributed by atoms with Gasteiger partial charge < -0.3 is 24.8 Å². The van der Waals surface area contributed by atoms with Crippen molar-refractivity contribution in [2.75, 3.05) is 35.2 Å². The van der Waals surface area contributed by atoms with Crippen molar-refractivity contribution >= 4 is 28.9 Å². The largest absolute Gasteiger partial charge is 0.494 e. The Labute approximate surface area is 257 Å². The maximum atomic E-state index is 13.4. The minimum Gasteiger partial charge on any atom is -0.494 e. The number of alkyl halides is 3. The highest BCUT2D eigenvalue weighted by Crippen LogP contribution is 2.39. The number of piperidine rings is 1. The van der Waals surface area contributed by atoms with E-state index in [0.717, 1.165) is 24.2 Å². The Morgan fingerprint density at radius 3 is 2.36 bits per heavy atom. The molecule has 8 nitrogen and oxygen atoms in total. The number of hydrogen-bond donors (Lipinski definition) is 2. The molecule has 3 aromatic carbocycles. The van der Waals surface area contributed by atoms with Crippen LogP contribution in [0.1, 0.15) is 51.2 Å². The molecule has 0 spiro atoms. The van der Waals surface area contributed by atoms with Crippen LogP contribution in [-0.4, -0.2) is 36.1 Å². The molecular formula is C34H31F3N4O4. The zero-order chi connectivity index (χ0) is 31.7. The highest BCUT2D eigenvalue weighted by molar-refractivity contribution is 6.09. The molecule has 4 aromatic rings. The summed E-state index contributed by atoms with van der Waals surface area (Å²) in [4.78, 5) is 41.2. The Kier molecular flexibility index (Phi) is 8.09. The maximum absolute atomic E-state index is 13.4. The zero-order valence-corrected chi connectivity index (χ0v) is 24.4. The molecule has 2 aliphatic rings. The predicted octanol–water partition coefficient (Wildman–Crippen LogP) is 6.39. The number of halogens is 3. The first-order chi connectivity index (χ1) is 21.6. The van der Waals surface area contributed by atoms with Gasteiger partial charge >= 0.3 is 6.18 Å². The van der Waals surface area contributed by atoms with E-state index < -0.39 is 23.6 Å². The fourth-order valence-corrected chi connectivity index (χ4v) is 6.18. The first-order valence-corrected chi connectivity index (χ1v) is 14.7. The molecule has 2 atom stereocenters. The standard InChI is InChI=1S/C34H31F3N4O4/c1-2-45-27-12-10-26(11-13-27)38-32(43)23-9-14-30(28(17-23)39-33(44)22-5-3-6-25(16-22)34(35,36)37)40-18-21-15-24(20-40)29-7-4-8-31(42)41(29)19-21/h3-14,16-17,21,24H,2,15,18-20H2,1H3,(H,38,43)(H,39,44). The van der Waals surface area contributed by atoms with Gasteiger partial charge in [0.15, 0.2) is 0 Å². The molecule has 1 aromatic heterocycles. The number of hydrogen-bond acceptors (Lipinski definition) is 5. The van der Waals surface area contributed by atoms with Crippen LogP contribution in [0.2, 0.25) is 0 Å². The van der Waals surface area contributed by atoms with Crippen LogP contribution in [0.4, 0.5) is 30.2 Å². The number of carbonyl (C=O) groups excluding carboxylic acids is 2. The topological polar surface area (TPSA) is 92.7 Å². The summed E-state index contributed by atoms with van der Waals surface area (Å²) in [5.41, 5.74) is 1.54. The normalized spacial score (nSPS) is 17.3. The lowest BCUT2D eigenvalue weighted by molar-refractivity contribution is -0.137. The fraction of sp³-hybridized carbons (Fsp3) is 0.265. The van der Waals surface area contributed by atoms with Crippen LogP contribution < -0.4 is 25.8 Å². The van der Waals surface area contributed by atoms with E-state index in [9.17, 15) is 27.6 Å². The van der Waals surface area contributed by atoms with Gasteiger partial charge in [-0.05, 0) is 86.0 Å². The molecule has 45 heavy (non-hydrogen) atoms. The van der Waals surface area contributed by atoms with Gasteiger partial charge in [0.25, 0.3) is 17.4 Å². The Morgan fingerprint density at radius 2 is 1.60 bits per heavy atom. The number of carbonyl (C=O) groups is 2. The van der Waals surface area contributed by atoms with Crippen molar-refractivity contribution in [1.29, 1.82) is 0 Å². The predicted molar refractivity (Wildman–Crippen MR) is 165 cm³/mol. The minimum absolute atomic E-state index is 0.0346. The molecule has 3 heterocycles. The molecule has 2 bridgehead atoms. The lowest BCUT2D eigenvalue weighted by Gasteiger charge is -2.44. The van der Waals surface area contributed by atoms with Crippen molar-refractivity contribution in [3.63, 3.8) is 0 Å². The van der Waals surface area contributed by atoms with Crippen molar-refractivity contribution in [3.05, 3.63) is 118 Å². The van der Waals surface area contributed by atoms with Crippen LogP contribution >= 0.6 is 0 Å². The Balaban J connectivity index is 1.31. The van der Waals surface area contributed by atoms with Gasteiger partial charge in [0.1, 0.15) is 5.75 Å². The quantitative estimate of drug-likeness (QED) is 0.251. The summed E-state index contributed by atoms with van der Waals surface area (Å²) in [5, 5.41) is 5.61. The van der Waals surface area contributed by atoms with E-state index in [1.54, 1.807) is 48.5 Å². The van der Waals surface area contributed by atoms with E-state index in [1.165, 1.54) is 18.2 Å². The van der Waals surface area contributed by atoms with Crippen LogP contribution in [0.3, 0.4) is 0 Å². The van der Waals surface area contributed by atoms with Crippen molar-refractivity contribution in [2.24, 2.45) is 5.92 Å². The molecule has 1 fully saturated rings.